The number of methoxy groups -OCH3 is 1. The van der Waals surface area contributed by atoms with Crippen LogP contribution in [0, 0.1) is 0 Å². The van der Waals surface area contributed by atoms with E-state index in [0.717, 1.165) is 27.9 Å². The number of ether oxygens (including phenoxy) is 1. The van der Waals surface area contributed by atoms with Gasteiger partial charge >= 0.3 is 0 Å². The third-order valence-electron chi connectivity index (χ3n) is 4.09. The second-order valence-electron chi connectivity index (χ2n) is 5.42. The van der Waals surface area contributed by atoms with Gasteiger partial charge in [0.1, 0.15) is 11.1 Å². The summed E-state index contributed by atoms with van der Waals surface area (Å²) >= 11 is 1.66. The number of fused-ring (bicyclic) bond motifs is 1. The highest BCUT2D eigenvalue weighted by Gasteiger charge is 2.35. The molecule has 3 aromatic rings. The van der Waals surface area contributed by atoms with Gasteiger partial charge in [0.15, 0.2) is 0 Å². The number of hydrogen-bond donors (Lipinski definition) is 1. The number of nitrogens with zero attached hydrogens (tertiary/aromatic N) is 1. The molecule has 2 heterocycles. The van der Waals surface area contributed by atoms with E-state index in [2.05, 4.69) is 17.1 Å². The van der Waals surface area contributed by atoms with E-state index >= 15 is 0 Å². The van der Waals surface area contributed by atoms with Crippen molar-refractivity contribution >= 4 is 34.3 Å². The van der Waals surface area contributed by atoms with Gasteiger partial charge in [-0.3, -0.25) is 9.69 Å². The Labute approximate surface area is 138 Å². The highest BCUT2D eigenvalue weighted by Crippen LogP contribution is 2.44. The molecular formula is C18H16N2O2S. The molecule has 1 N–H and O–H groups in total. The van der Waals surface area contributed by atoms with Crippen molar-refractivity contribution in [1.29, 1.82) is 0 Å². The van der Waals surface area contributed by atoms with Crippen molar-refractivity contribution in [3.8, 4) is 5.75 Å². The summed E-state index contributed by atoms with van der Waals surface area (Å²) < 4.78 is 5.29. The van der Waals surface area contributed by atoms with Crippen molar-refractivity contribution in [3.63, 3.8) is 0 Å². The third-order valence-corrected chi connectivity index (χ3v) is 5.28. The molecule has 4 rings (SSSR count). The van der Waals surface area contributed by atoms with Gasteiger partial charge in [-0.2, -0.15) is 0 Å². The number of aromatic amines is 1. The zero-order valence-electron chi connectivity index (χ0n) is 12.7. The topological polar surface area (TPSA) is 45.3 Å². The van der Waals surface area contributed by atoms with Crippen molar-refractivity contribution in [1.82, 2.24) is 4.98 Å². The van der Waals surface area contributed by atoms with E-state index in [9.17, 15) is 4.79 Å². The van der Waals surface area contributed by atoms with Gasteiger partial charge in [-0.1, -0.05) is 24.3 Å². The molecule has 1 amide bonds. The number of hydrogen-bond acceptors (Lipinski definition) is 3. The van der Waals surface area contributed by atoms with Crippen LogP contribution in [-0.2, 0) is 4.79 Å². The molecule has 1 atom stereocenters. The standard InChI is InChI=1S/C18H16N2O2S/c1-22-13-6-4-5-12(9-13)20-17(21)11-23-18(20)15-10-19-16-8-3-2-7-14(15)16/h2-10,18-19H,11H2,1H3. The Kier molecular flexibility index (Phi) is 3.50. The number of carbonyl (C=O) groups is 1. The molecule has 0 radical (unpaired) electrons. The normalized spacial score (nSPS) is 17.9. The summed E-state index contributed by atoms with van der Waals surface area (Å²) in [6, 6.07) is 15.8. The lowest BCUT2D eigenvalue weighted by atomic mass is 10.1. The first-order valence-corrected chi connectivity index (χ1v) is 8.46. The fourth-order valence-electron chi connectivity index (χ4n) is 2.99. The molecular weight excluding hydrogens is 308 g/mol. The molecule has 5 heteroatoms. The van der Waals surface area contributed by atoms with Gasteiger partial charge < -0.3 is 9.72 Å². The fourth-order valence-corrected chi connectivity index (χ4v) is 4.19. The summed E-state index contributed by atoms with van der Waals surface area (Å²) in [6.45, 7) is 0. The first kappa shape index (κ1) is 14.2. The van der Waals surface area contributed by atoms with Crippen LogP contribution in [0.2, 0.25) is 0 Å². The van der Waals surface area contributed by atoms with Crippen LogP contribution in [0.3, 0.4) is 0 Å². The Morgan fingerprint density at radius 3 is 2.96 bits per heavy atom. The first-order valence-electron chi connectivity index (χ1n) is 7.41. The monoisotopic (exact) mass is 324 g/mol. The van der Waals surface area contributed by atoms with Crippen molar-refractivity contribution in [2.75, 3.05) is 17.8 Å². The highest BCUT2D eigenvalue weighted by molar-refractivity contribution is 8.00. The van der Waals surface area contributed by atoms with E-state index < -0.39 is 0 Å². The lowest BCUT2D eigenvalue weighted by molar-refractivity contribution is -0.115. The predicted molar refractivity (Wildman–Crippen MR) is 94.0 cm³/mol. The average Bonchev–Trinajstić information content (AvgIpc) is 3.18. The number of benzene rings is 2. The molecule has 0 bridgehead atoms. The molecule has 0 aliphatic carbocycles. The molecule has 1 aromatic heterocycles. The van der Waals surface area contributed by atoms with E-state index in [1.54, 1.807) is 18.9 Å². The molecule has 1 aliphatic heterocycles. The predicted octanol–water partition coefficient (Wildman–Crippen LogP) is 3.96. The molecule has 2 aromatic carbocycles. The number of nitrogens with one attached hydrogen (secondary N) is 1. The number of anilines is 1. The molecule has 1 saturated heterocycles. The van der Waals surface area contributed by atoms with E-state index in [-0.39, 0.29) is 11.3 Å². The van der Waals surface area contributed by atoms with Gasteiger partial charge in [-0.25, -0.2) is 0 Å². The highest BCUT2D eigenvalue weighted by atomic mass is 32.2. The maximum Gasteiger partial charge on any atom is 0.238 e. The Morgan fingerprint density at radius 1 is 1.22 bits per heavy atom. The van der Waals surface area contributed by atoms with Crippen molar-refractivity contribution < 1.29 is 9.53 Å². The number of rotatable bonds is 3. The van der Waals surface area contributed by atoms with Gasteiger partial charge in [0.2, 0.25) is 5.91 Å². The average molecular weight is 324 g/mol. The number of thioether (sulfide) groups is 1. The second-order valence-corrected chi connectivity index (χ2v) is 6.49. The Bertz CT molecular complexity index is 874. The minimum atomic E-state index is -0.0224. The number of aromatic nitrogens is 1. The van der Waals surface area contributed by atoms with Gasteiger partial charge in [0.25, 0.3) is 0 Å². The lowest BCUT2D eigenvalue weighted by Gasteiger charge is -2.24. The van der Waals surface area contributed by atoms with Crippen molar-refractivity contribution in [2.24, 2.45) is 0 Å². The van der Waals surface area contributed by atoms with E-state index in [1.807, 2.05) is 47.5 Å². The van der Waals surface area contributed by atoms with Crippen LogP contribution in [0.5, 0.6) is 5.75 Å². The zero-order chi connectivity index (χ0) is 15.8. The molecule has 4 nitrogen and oxygen atoms in total. The smallest absolute Gasteiger partial charge is 0.238 e. The van der Waals surface area contributed by atoms with Crippen molar-refractivity contribution in [2.45, 2.75) is 5.37 Å². The van der Waals surface area contributed by atoms with Crippen LogP contribution in [0.4, 0.5) is 5.69 Å². The summed E-state index contributed by atoms with van der Waals surface area (Å²) in [4.78, 5) is 17.6. The summed E-state index contributed by atoms with van der Waals surface area (Å²) in [5.74, 6) is 1.37. The van der Waals surface area contributed by atoms with E-state index in [0.29, 0.717) is 5.75 Å². The minimum Gasteiger partial charge on any atom is -0.497 e. The fraction of sp³-hybridized carbons (Fsp3) is 0.167. The Hall–Kier alpha value is -2.40. The molecule has 0 saturated carbocycles. The number of amides is 1. The van der Waals surface area contributed by atoms with Gasteiger partial charge in [-0.15, -0.1) is 11.8 Å². The summed E-state index contributed by atoms with van der Waals surface area (Å²) in [5.41, 5.74) is 3.10. The molecule has 23 heavy (non-hydrogen) atoms. The van der Waals surface area contributed by atoms with Crippen LogP contribution in [0.15, 0.2) is 54.7 Å². The molecule has 1 unspecified atom stereocenters. The third kappa shape index (κ3) is 2.37. The number of para-hydroxylation sites is 1. The maximum absolute atomic E-state index is 12.5. The summed E-state index contributed by atoms with van der Waals surface area (Å²) in [7, 11) is 1.64. The molecule has 0 spiro atoms. The number of carbonyl (C=O) groups excluding carboxylic acids is 1. The minimum absolute atomic E-state index is 0.0224. The summed E-state index contributed by atoms with van der Waals surface area (Å²) in [6.07, 6.45) is 2.01. The summed E-state index contributed by atoms with van der Waals surface area (Å²) in [5, 5.41) is 1.14. The zero-order valence-corrected chi connectivity index (χ0v) is 13.5. The quantitative estimate of drug-likeness (QED) is 0.793. The van der Waals surface area contributed by atoms with Crippen LogP contribution in [0.25, 0.3) is 10.9 Å². The second kappa shape index (κ2) is 5.66. The Balaban J connectivity index is 1.79. The Morgan fingerprint density at radius 2 is 2.09 bits per heavy atom. The molecule has 116 valence electrons. The van der Waals surface area contributed by atoms with Gasteiger partial charge in [-0.05, 0) is 18.2 Å². The maximum atomic E-state index is 12.5. The molecule has 1 aliphatic rings. The van der Waals surface area contributed by atoms with Crippen LogP contribution >= 0.6 is 11.8 Å². The van der Waals surface area contributed by atoms with Crippen LogP contribution in [0.1, 0.15) is 10.9 Å². The SMILES string of the molecule is COc1cccc(N2C(=O)CSC2c2c[nH]c3ccccc23)c1. The van der Waals surface area contributed by atoms with Crippen LogP contribution in [-0.4, -0.2) is 23.8 Å². The van der Waals surface area contributed by atoms with Crippen LogP contribution < -0.4 is 9.64 Å². The van der Waals surface area contributed by atoms with E-state index in [4.69, 9.17) is 4.74 Å². The van der Waals surface area contributed by atoms with Crippen molar-refractivity contribution in [3.05, 3.63) is 60.3 Å². The van der Waals surface area contributed by atoms with E-state index in [1.165, 1.54) is 0 Å². The number of H-pyrrole nitrogens is 1. The first-order chi connectivity index (χ1) is 11.3. The largest absolute Gasteiger partial charge is 0.497 e. The van der Waals surface area contributed by atoms with Gasteiger partial charge in [0.05, 0.1) is 12.9 Å². The molecule has 1 fully saturated rings. The lowest BCUT2D eigenvalue weighted by Crippen LogP contribution is -2.27. The van der Waals surface area contributed by atoms with Gasteiger partial charge in [0, 0.05) is 34.4 Å².